The van der Waals surface area contributed by atoms with Gasteiger partial charge in [-0.2, -0.15) is 0 Å². The third-order valence-electron chi connectivity index (χ3n) is 3.79. The van der Waals surface area contributed by atoms with E-state index in [1.807, 2.05) is 49.4 Å². The van der Waals surface area contributed by atoms with Crippen LogP contribution < -0.4 is 5.63 Å². The van der Waals surface area contributed by atoms with Crippen LogP contribution in [0.15, 0.2) is 69.0 Å². The Kier molecular flexibility index (Phi) is 3.78. The van der Waals surface area contributed by atoms with Crippen molar-refractivity contribution in [2.45, 2.75) is 17.7 Å². The summed E-state index contributed by atoms with van der Waals surface area (Å²) in [5.41, 5.74) is 4.12. The Morgan fingerprint density at radius 3 is 2.79 bits per heavy atom. The maximum atomic E-state index is 11.8. The first-order valence-corrected chi connectivity index (χ1v) is 8.55. The molecule has 2 heterocycles. The molecule has 0 aliphatic carbocycles. The number of nitrogens with zero attached hydrogens (tertiary/aromatic N) is 2. The Labute approximate surface area is 142 Å². The molecular weight excluding hydrogens is 320 g/mol. The van der Waals surface area contributed by atoms with Crippen molar-refractivity contribution in [3.05, 3.63) is 76.3 Å². The lowest BCUT2D eigenvalue weighted by Gasteiger charge is -2.06. The summed E-state index contributed by atoms with van der Waals surface area (Å²) in [6.07, 6.45) is 1.77. The Hall–Kier alpha value is -2.66. The van der Waals surface area contributed by atoms with Crippen molar-refractivity contribution in [3.8, 4) is 0 Å². The van der Waals surface area contributed by atoms with Crippen LogP contribution in [0.5, 0.6) is 0 Å². The van der Waals surface area contributed by atoms with Gasteiger partial charge in [0.05, 0.1) is 17.2 Å². The summed E-state index contributed by atoms with van der Waals surface area (Å²) < 4.78 is 5.27. The minimum atomic E-state index is -0.327. The lowest BCUT2D eigenvalue weighted by atomic mass is 10.1. The van der Waals surface area contributed by atoms with Gasteiger partial charge in [0.25, 0.3) is 0 Å². The Morgan fingerprint density at radius 2 is 1.92 bits per heavy atom. The second kappa shape index (κ2) is 6.09. The summed E-state index contributed by atoms with van der Waals surface area (Å²) in [5.74, 6) is 0.637. The largest absolute Gasteiger partial charge is 0.423 e. The van der Waals surface area contributed by atoms with E-state index in [2.05, 4.69) is 9.97 Å². The second-order valence-corrected chi connectivity index (χ2v) is 6.57. The first-order chi connectivity index (χ1) is 11.7. The molecule has 0 saturated heterocycles. The van der Waals surface area contributed by atoms with E-state index in [4.69, 9.17) is 4.42 Å². The zero-order valence-corrected chi connectivity index (χ0v) is 13.8. The minimum absolute atomic E-state index is 0.327. The fraction of sp³-hybridized carbons (Fsp3) is 0.105. The number of aromatic nitrogens is 2. The maximum Gasteiger partial charge on any atom is 0.336 e. The maximum absolute atomic E-state index is 11.8. The standard InChI is InChI=1S/C19H14N2O2S/c1-12-6-7-17-14(8-12)13(9-19(22)23-17)11-24-18-10-20-15-4-2-3-5-16(15)21-18/h2-10H,11H2,1H3. The Bertz CT molecular complexity index is 1110. The van der Waals surface area contributed by atoms with Gasteiger partial charge in [-0.15, -0.1) is 11.8 Å². The SMILES string of the molecule is Cc1ccc2oc(=O)cc(CSc3cnc4ccccc4n3)c2c1. The molecule has 5 heteroatoms. The molecule has 2 aromatic carbocycles. The van der Waals surface area contributed by atoms with Crippen LogP contribution in [0.4, 0.5) is 0 Å². The molecule has 2 aromatic heterocycles. The van der Waals surface area contributed by atoms with Crippen LogP contribution in [-0.4, -0.2) is 9.97 Å². The lowest BCUT2D eigenvalue weighted by molar-refractivity contribution is 0.559. The van der Waals surface area contributed by atoms with Gasteiger partial charge in [-0.3, -0.25) is 4.98 Å². The quantitative estimate of drug-likeness (QED) is 0.412. The third kappa shape index (κ3) is 2.90. The molecule has 24 heavy (non-hydrogen) atoms. The van der Waals surface area contributed by atoms with Crippen LogP contribution in [0.3, 0.4) is 0 Å². The van der Waals surface area contributed by atoms with Crippen LogP contribution >= 0.6 is 11.8 Å². The highest BCUT2D eigenvalue weighted by atomic mass is 32.2. The van der Waals surface area contributed by atoms with Crippen LogP contribution in [0, 0.1) is 6.92 Å². The number of thioether (sulfide) groups is 1. The molecule has 0 aliphatic rings. The lowest BCUT2D eigenvalue weighted by Crippen LogP contribution is -2.00. The number of rotatable bonds is 3. The predicted octanol–water partition coefficient (Wildman–Crippen LogP) is 4.34. The van der Waals surface area contributed by atoms with Gasteiger partial charge in [0.15, 0.2) is 0 Å². The van der Waals surface area contributed by atoms with Gasteiger partial charge in [-0.1, -0.05) is 23.8 Å². The fourth-order valence-corrected chi connectivity index (χ4v) is 3.45. The van der Waals surface area contributed by atoms with Gasteiger partial charge in [-0.25, -0.2) is 9.78 Å². The van der Waals surface area contributed by atoms with Crippen molar-refractivity contribution in [2.24, 2.45) is 0 Å². The molecule has 0 spiro atoms. The number of hydrogen-bond donors (Lipinski definition) is 0. The molecule has 4 nitrogen and oxygen atoms in total. The van der Waals surface area contributed by atoms with Crippen molar-refractivity contribution in [2.75, 3.05) is 0 Å². The molecule has 4 aromatic rings. The molecule has 0 radical (unpaired) electrons. The Morgan fingerprint density at radius 1 is 1.08 bits per heavy atom. The van der Waals surface area contributed by atoms with E-state index < -0.39 is 0 Å². The Balaban J connectivity index is 1.68. The van der Waals surface area contributed by atoms with Crippen molar-refractivity contribution in [3.63, 3.8) is 0 Å². The van der Waals surface area contributed by atoms with E-state index in [0.29, 0.717) is 11.3 Å². The third-order valence-corrected chi connectivity index (χ3v) is 4.73. The van der Waals surface area contributed by atoms with Crippen molar-refractivity contribution in [1.29, 1.82) is 0 Å². The number of fused-ring (bicyclic) bond motifs is 2. The molecule has 0 amide bonds. The number of hydrogen-bond acceptors (Lipinski definition) is 5. The highest BCUT2D eigenvalue weighted by Crippen LogP contribution is 2.26. The summed E-state index contributed by atoms with van der Waals surface area (Å²) in [4.78, 5) is 20.8. The molecule has 0 bridgehead atoms. The van der Waals surface area contributed by atoms with Gasteiger partial charge < -0.3 is 4.42 Å². The smallest absolute Gasteiger partial charge is 0.336 e. The fourth-order valence-electron chi connectivity index (χ4n) is 2.62. The van der Waals surface area contributed by atoms with E-state index in [1.165, 1.54) is 0 Å². The van der Waals surface area contributed by atoms with Crippen molar-refractivity contribution >= 4 is 33.8 Å². The zero-order chi connectivity index (χ0) is 16.5. The van der Waals surface area contributed by atoms with Crippen LogP contribution in [0.1, 0.15) is 11.1 Å². The molecule has 4 rings (SSSR count). The molecular formula is C19H14N2O2S. The molecule has 0 saturated carbocycles. The summed E-state index contributed by atoms with van der Waals surface area (Å²) >= 11 is 1.56. The average molecular weight is 334 g/mol. The monoisotopic (exact) mass is 334 g/mol. The number of aryl methyl sites for hydroxylation is 1. The van der Waals surface area contributed by atoms with E-state index in [0.717, 1.165) is 32.6 Å². The topological polar surface area (TPSA) is 56.0 Å². The summed E-state index contributed by atoms with van der Waals surface area (Å²) in [7, 11) is 0. The first kappa shape index (κ1) is 14.9. The van der Waals surface area contributed by atoms with Crippen LogP contribution in [0.2, 0.25) is 0 Å². The van der Waals surface area contributed by atoms with Gasteiger partial charge >= 0.3 is 5.63 Å². The normalized spacial score (nSPS) is 11.2. The van der Waals surface area contributed by atoms with Gasteiger partial charge in [0.2, 0.25) is 0 Å². The van der Waals surface area contributed by atoms with E-state index in [-0.39, 0.29) is 5.63 Å². The summed E-state index contributed by atoms with van der Waals surface area (Å²) in [6, 6.07) is 15.2. The van der Waals surface area contributed by atoms with Crippen molar-refractivity contribution in [1.82, 2.24) is 9.97 Å². The van der Waals surface area contributed by atoms with Crippen LogP contribution in [0.25, 0.3) is 22.0 Å². The first-order valence-electron chi connectivity index (χ1n) is 7.57. The van der Waals surface area contributed by atoms with E-state index in [9.17, 15) is 4.79 Å². The van der Waals surface area contributed by atoms with Crippen LogP contribution in [-0.2, 0) is 5.75 Å². The average Bonchev–Trinajstić information content (AvgIpc) is 2.60. The molecule has 0 fully saturated rings. The second-order valence-electron chi connectivity index (χ2n) is 5.58. The highest BCUT2D eigenvalue weighted by molar-refractivity contribution is 7.98. The minimum Gasteiger partial charge on any atom is -0.423 e. The predicted molar refractivity (Wildman–Crippen MR) is 96.3 cm³/mol. The molecule has 0 atom stereocenters. The highest BCUT2D eigenvalue weighted by Gasteiger charge is 2.08. The molecule has 118 valence electrons. The molecule has 0 unspecified atom stereocenters. The van der Waals surface area contributed by atoms with E-state index in [1.54, 1.807) is 24.0 Å². The molecule has 0 N–H and O–H groups in total. The molecule has 0 aliphatic heterocycles. The van der Waals surface area contributed by atoms with Gasteiger partial charge in [-0.05, 0) is 36.8 Å². The summed E-state index contributed by atoms with van der Waals surface area (Å²) in [5, 5.41) is 1.80. The number of benzene rings is 2. The van der Waals surface area contributed by atoms with Gasteiger partial charge in [0.1, 0.15) is 10.6 Å². The summed E-state index contributed by atoms with van der Waals surface area (Å²) in [6.45, 7) is 2.02. The number of para-hydroxylation sites is 2. The van der Waals surface area contributed by atoms with Crippen molar-refractivity contribution < 1.29 is 4.42 Å². The zero-order valence-electron chi connectivity index (χ0n) is 13.0. The van der Waals surface area contributed by atoms with Gasteiger partial charge in [0, 0.05) is 17.2 Å². The van der Waals surface area contributed by atoms with E-state index >= 15 is 0 Å².